The van der Waals surface area contributed by atoms with Gasteiger partial charge in [0.25, 0.3) is 0 Å². The number of hydrogen-bond donors (Lipinski definition) is 2. The normalized spacial score (nSPS) is 19.3. The summed E-state index contributed by atoms with van der Waals surface area (Å²) in [5.41, 5.74) is 0. The first-order chi connectivity index (χ1) is 11.2. The highest BCUT2D eigenvalue weighted by Crippen LogP contribution is 2.10. The number of hydrogen-bond acceptors (Lipinski definition) is 4. The van der Waals surface area contributed by atoms with Crippen molar-refractivity contribution in [3.63, 3.8) is 0 Å². The van der Waals surface area contributed by atoms with Crippen molar-refractivity contribution in [2.45, 2.75) is 91.0 Å². The minimum atomic E-state index is 0.569. The quantitative estimate of drug-likeness (QED) is 0.589. The van der Waals surface area contributed by atoms with E-state index in [1.807, 2.05) is 6.92 Å². The van der Waals surface area contributed by atoms with Gasteiger partial charge >= 0.3 is 0 Å². The van der Waals surface area contributed by atoms with Gasteiger partial charge in [-0.15, -0.1) is 0 Å². The SMILES string of the molecule is CC1=NCC(C)N1.CCCCCCCCCCCC1=NCCN1. The van der Waals surface area contributed by atoms with Gasteiger partial charge in [0.15, 0.2) is 0 Å². The molecule has 2 rings (SSSR count). The Morgan fingerprint density at radius 2 is 1.61 bits per heavy atom. The number of amidine groups is 2. The van der Waals surface area contributed by atoms with E-state index in [0.29, 0.717) is 6.04 Å². The molecule has 2 heterocycles. The standard InChI is InChI=1S/C14H28N2.C5H10N2/c1-2-3-4-5-6-7-8-9-10-11-14-15-12-13-16-14;1-4-3-6-5(2)7-4/h2-13H2,1H3,(H,15,16);4H,3H2,1-2H3,(H,6,7). The van der Waals surface area contributed by atoms with Crippen LogP contribution in [-0.2, 0) is 0 Å². The first kappa shape index (κ1) is 20.0. The van der Waals surface area contributed by atoms with E-state index in [1.54, 1.807) is 0 Å². The highest BCUT2D eigenvalue weighted by molar-refractivity contribution is 5.83. The molecule has 4 heteroatoms. The minimum Gasteiger partial charge on any atom is -0.372 e. The molecular weight excluding hydrogens is 284 g/mol. The molecule has 4 nitrogen and oxygen atoms in total. The van der Waals surface area contributed by atoms with Gasteiger partial charge in [-0.05, 0) is 20.3 Å². The van der Waals surface area contributed by atoms with Crippen LogP contribution in [0.4, 0.5) is 0 Å². The van der Waals surface area contributed by atoms with Gasteiger partial charge in [-0.3, -0.25) is 9.98 Å². The van der Waals surface area contributed by atoms with Gasteiger partial charge in [0.05, 0.1) is 24.8 Å². The lowest BCUT2D eigenvalue weighted by molar-refractivity contribution is 0.568. The summed E-state index contributed by atoms with van der Waals surface area (Å²) in [5.74, 6) is 2.33. The van der Waals surface area contributed by atoms with Crippen LogP contribution in [0.1, 0.15) is 85.0 Å². The van der Waals surface area contributed by atoms with Crippen LogP contribution in [0.25, 0.3) is 0 Å². The fraction of sp³-hybridized carbons (Fsp3) is 0.895. The van der Waals surface area contributed by atoms with E-state index in [2.05, 4.69) is 34.5 Å². The minimum absolute atomic E-state index is 0.569. The zero-order valence-electron chi connectivity index (χ0n) is 15.7. The third-order valence-corrected chi connectivity index (χ3v) is 4.32. The first-order valence-electron chi connectivity index (χ1n) is 9.77. The molecule has 0 amide bonds. The molecule has 1 unspecified atom stereocenters. The summed E-state index contributed by atoms with van der Waals surface area (Å²) in [6, 6.07) is 0.569. The zero-order valence-corrected chi connectivity index (χ0v) is 15.7. The van der Waals surface area contributed by atoms with Gasteiger partial charge in [0, 0.05) is 19.0 Å². The Labute approximate surface area is 143 Å². The molecule has 2 N–H and O–H groups in total. The Kier molecular flexibility index (Phi) is 11.6. The van der Waals surface area contributed by atoms with E-state index in [1.165, 1.54) is 70.0 Å². The van der Waals surface area contributed by atoms with Gasteiger partial charge < -0.3 is 10.6 Å². The van der Waals surface area contributed by atoms with Crippen LogP contribution in [0.15, 0.2) is 9.98 Å². The molecule has 134 valence electrons. The van der Waals surface area contributed by atoms with Crippen molar-refractivity contribution in [3.05, 3.63) is 0 Å². The predicted molar refractivity (Wildman–Crippen MR) is 103 cm³/mol. The van der Waals surface area contributed by atoms with Crippen LogP contribution in [0.2, 0.25) is 0 Å². The Hall–Kier alpha value is -1.06. The van der Waals surface area contributed by atoms with Gasteiger partial charge in [-0.25, -0.2) is 0 Å². The van der Waals surface area contributed by atoms with Crippen molar-refractivity contribution in [1.29, 1.82) is 0 Å². The molecule has 0 spiro atoms. The average molecular weight is 323 g/mol. The van der Waals surface area contributed by atoms with Crippen LogP contribution < -0.4 is 10.6 Å². The van der Waals surface area contributed by atoms with Crippen molar-refractivity contribution >= 4 is 11.7 Å². The van der Waals surface area contributed by atoms with Gasteiger partial charge in [-0.2, -0.15) is 0 Å². The van der Waals surface area contributed by atoms with E-state index in [4.69, 9.17) is 0 Å². The fourth-order valence-corrected chi connectivity index (χ4v) is 2.94. The number of aliphatic imine (C=N–C) groups is 2. The Balaban J connectivity index is 0.000000313. The molecule has 2 aliphatic rings. The third-order valence-electron chi connectivity index (χ3n) is 4.32. The third kappa shape index (κ3) is 11.2. The Morgan fingerprint density at radius 1 is 0.957 bits per heavy atom. The van der Waals surface area contributed by atoms with Crippen LogP contribution >= 0.6 is 0 Å². The van der Waals surface area contributed by atoms with Crippen LogP contribution in [-0.4, -0.2) is 37.3 Å². The second kappa shape index (κ2) is 13.4. The molecule has 0 fully saturated rings. The lowest BCUT2D eigenvalue weighted by Gasteiger charge is -2.03. The summed E-state index contributed by atoms with van der Waals surface area (Å²) in [6.07, 6.45) is 13.8. The van der Waals surface area contributed by atoms with E-state index in [-0.39, 0.29) is 0 Å². The Bertz CT molecular complexity index is 349. The second-order valence-corrected chi connectivity index (χ2v) is 6.81. The van der Waals surface area contributed by atoms with Crippen molar-refractivity contribution in [2.75, 3.05) is 19.6 Å². The second-order valence-electron chi connectivity index (χ2n) is 6.81. The molecular formula is C19H38N4. The number of rotatable bonds is 10. The lowest BCUT2D eigenvalue weighted by atomic mass is 10.1. The van der Waals surface area contributed by atoms with E-state index < -0.39 is 0 Å². The van der Waals surface area contributed by atoms with Crippen molar-refractivity contribution in [1.82, 2.24) is 10.6 Å². The summed E-state index contributed by atoms with van der Waals surface area (Å²) < 4.78 is 0. The average Bonchev–Trinajstić information content (AvgIpc) is 3.18. The molecule has 0 saturated heterocycles. The molecule has 0 bridgehead atoms. The number of nitrogens with zero attached hydrogens (tertiary/aromatic N) is 2. The molecule has 0 radical (unpaired) electrons. The maximum Gasteiger partial charge on any atom is 0.0964 e. The topological polar surface area (TPSA) is 48.8 Å². The monoisotopic (exact) mass is 322 g/mol. The smallest absolute Gasteiger partial charge is 0.0964 e. The van der Waals surface area contributed by atoms with Gasteiger partial charge in [0.2, 0.25) is 0 Å². The van der Waals surface area contributed by atoms with Crippen LogP contribution in [0.3, 0.4) is 0 Å². The fourth-order valence-electron chi connectivity index (χ4n) is 2.94. The summed E-state index contributed by atoms with van der Waals surface area (Å²) in [5, 5.41) is 6.50. The molecule has 23 heavy (non-hydrogen) atoms. The summed E-state index contributed by atoms with van der Waals surface area (Å²) in [7, 11) is 0. The lowest BCUT2D eigenvalue weighted by Crippen LogP contribution is -2.24. The number of nitrogens with one attached hydrogen (secondary N) is 2. The molecule has 0 saturated carbocycles. The summed E-state index contributed by atoms with van der Waals surface area (Å²) >= 11 is 0. The summed E-state index contributed by atoms with van der Waals surface area (Å²) in [4.78, 5) is 8.53. The van der Waals surface area contributed by atoms with E-state index in [0.717, 1.165) is 25.5 Å². The van der Waals surface area contributed by atoms with Crippen molar-refractivity contribution < 1.29 is 0 Å². The maximum absolute atomic E-state index is 4.41. The zero-order chi connectivity index (χ0) is 16.8. The van der Waals surface area contributed by atoms with Gasteiger partial charge in [0.1, 0.15) is 0 Å². The maximum atomic E-state index is 4.41. The Morgan fingerprint density at radius 3 is 2.04 bits per heavy atom. The van der Waals surface area contributed by atoms with Crippen LogP contribution in [0, 0.1) is 0 Å². The van der Waals surface area contributed by atoms with Crippen molar-refractivity contribution in [2.24, 2.45) is 9.98 Å². The van der Waals surface area contributed by atoms with Crippen molar-refractivity contribution in [3.8, 4) is 0 Å². The van der Waals surface area contributed by atoms with Crippen LogP contribution in [0.5, 0.6) is 0 Å². The molecule has 2 aliphatic heterocycles. The number of unbranched alkanes of at least 4 members (excludes halogenated alkanes) is 8. The highest BCUT2D eigenvalue weighted by atomic mass is 15.1. The molecule has 1 atom stereocenters. The molecule has 0 aromatic carbocycles. The summed E-state index contributed by atoms with van der Waals surface area (Å²) in [6.45, 7) is 9.40. The highest BCUT2D eigenvalue weighted by Gasteiger charge is 2.06. The largest absolute Gasteiger partial charge is 0.372 e. The van der Waals surface area contributed by atoms with Gasteiger partial charge in [-0.1, -0.05) is 58.3 Å². The molecule has 0 aromatic heterocycles. The van der Waals surface area contributed by atoms with E-state index in [9.17, 15) is 0 Å². The molecule has 0 aromatic rings. The predicted octanol–water partition coefficient (Wildman–Crippen LogP) is 4.31. The molecule has 0 aliphatic carbocycles. The van der Waals surface area contributed by atoms with E-state index >= 15 is 0 Å². The first-order valence-corrected chi connectivity index (χ1v) is 9.77.